The van der Waals surface area contributed by atoms with E-state index < -0.39 is 0 Å². The van der Waals surface area contributed by atoms with Gasteiger partial charge in [-0.05, 0) is 153 Å². The van der Waals surface area contributed by atoms with Crippen LogP contribution in [0.15, 0.2) is 110 Å². The van der Waals surface area contributed by atoms with Crippen molar-refractivity contribution in [1.29, 1.82) is 0 Å². The molecule has 2 bridgehead atoms. The van der Waals surface area contributed by atoms with E-state index in [0.29, 0.717) is 5.92 Å². The Hall–Kier alpha value is -3.75. The monoisotopic (exact) mass is 1390 g/mol. The van der Waals surface area contributed by atoms with Gasteiger partial charge < -0.3 is 36.1 Å². The first-order valence-electron chi connectivity index (χ1n) is 40.0. The second-order valence-electron chi connectivity index (χ2n) is 32.0. The van der Waals surface area contributed by atoms with Gasteiger partial charge in [-0.15, -0.1) is 0 Å². The van der Waals surface area contributed by atoms with Crippen molar-refractivity contribution in [3.63, 3.8) is 0 Å². The minimum absolute atomic E-state index is 0.659. The molecule has 6 saturated heterocycles. The van der Waals surface area contributed by atoms with Crippen molar-refractivity contribution in [1.82, 2.24) is 51.5 Å². The van der Waals surface area contributed by atoms with Crippen LogP contribution in [0.1, 0.15) is 302 Å². The SMILES string of the molecule is C1CCCCC1.C1CCNCC1.C1CCOCC1.C1CNCCN1.C1COCCN1.CC(C)C.CC(C)C.CC(C)C.CC(C)C.CC(C)C.CC(C)C.CC(C)C.CC(C)C.CC(C)C1CC2CC(C1)N2.CC(C)c1ccccc1.c1ccncc1.c1cnccn1.c1cncnc1. The molecule has 8 fully saturated rings. The van der Waals surface area contributed by atoms with Crippen molar-refractivity contribution in [3.05, 3.63) is 116 Å². The van der Waals surface area contributed by atoms with Gasteiger partial charge >= 0.3 is 0 Å². The predicted octanol–water partition coefficient (Wildman–Crippen LogP) is 23.0. The maximum Gasteiger partial charge on any atom is 0.115 e. The molecule has 584 valence electrons. The van der Waals surface area contributed by atoms with Gasteiger partial charge in [0, 0.05) is 114 Å². The van der Waals surface area contributed by atoms with Crippen LogP contribution >= 0.6 is 0 Å². The topological polar surface area (TPSA) is 143 Å². The third-order valence-electron chi connectivity index (χ3n) is 11.7. The summed E-state index contributed by atoms with van der Waals surface area (Å²) in [6.07, 6.45) is 36.4. The van der Waals surface area contributed by atoms with Gasteiger partial charge in [0.25, 0.3) is 0 Å². The molecule has 12 rings (SSSR count). The lowest BCUT2D eigenvalue weighted by Gasteiger charge is -2.47. The largest absolute Gasteiger partial charge is 0.381 e. The van der Waals surface area contributed by atoms with Crippen molar-refractivity contribution >= 4 is 0 Å². The van der Waals surface area contributed by atoms with Crippen LogP contribution in [0.25, 0.3) is 0 Å². The molecule has 2 saturated carbocycles. The number of nitrogens with one attached hydrogen (secondary N) is 5. The van der Waals surface area contributed by atoms with Crippen LogP contribution in [0.3, 0.4) is 0 Å². The van der Waals surface area contributed by atoms with Crippen molar-refractivity contribution in [2.24, 2.45) is 59.2 Å². The van der Waals surface area contributed by atoms with Crippen LogP contribution in [0.2, 0.25) is 0 Å². The Bertz CT molecular complexity index is 1500. The number of ether oxygens (including phenoxy) is 2. The lowest BCUT2D eigenvalue weighted by molar-refractivity contribution is 0.0968. The highest BCUT2D eigenvalue weighted by atomic mass is 16.5. The van der Waals surface area contributed by atoms with E-state index in [2.05, 4.69) is 270 Å². The highest BCUT2D eigenvalue weighted by Gasteiger charge is 2.38. The first-order chi connectivity index (χ1) is 46.9. The molecule has 2 aliphatic carbocycles. The number of aromatic nitrogens is 5. The molecule has 4 aromatic rings. The van der Waals surface area contributed by atoms with Crippen LogP contribution in [0.5, 0.6) is 0 Å². The molecular weight excluding hydrogens is 1220 g/mol. The fourth-order valence-electron chi connectivity index (χ4n) is 7.68. The van der Waals surface area contributed by atoms with E-state index in [4.69, 9.17) is 9.47 Å². The van der Waals surface area contributed by atoms with Crippen LogP contribution in [-0.2, 0) is 9.47 Å². The highest BCUT2D eigenvalue weighted by molar-refractivity contribution is 5.17. The van der Waals surface area contributed by atoms with E-state index in [1.807, 2.05) is 24.3 Å². The average Bonchev–Trinajstić information content (AvgIpc) is 0.813. The third-order valence-corrected chi connectivity index (χ3v) is 11.7. The van der Waals surface area contributed by atoms with Gasteiger partial charge in [-0.2, -0.15) is 0 Å². The van der Waals surface area contributed by atoms with E-state index in [1.54, 1.807) is 55.6 Å². The van der Waals surface area contributed by atoms with Crippen molar-refractivity contribution < 1.29 is 9.47 Å². The summed E-state index contributed by atoms with van der Waals surface area (Å²) in [7, 11) is 0. The molecule has 2 atom stereocenters. The van der Waals surface area contributed by atoms with Gasteiger partial charge in [0.1, 0.15) is 6.33 Å². The normalized spacial score (nSPS) is 17.1. The predicted molar refractivity (Wildman–Crippen MR) is 444 cm³/mol. The lowest BCUT2D eigenvalue weighted by atomic mass is 9.72. The first-order valence-corrected chi connectivity index (χ1v) is 40.0. The molecule has 1 aromatic carbocycles. The Balaban J connectivity index is -0.000000183. The average molecular weight is 1390 g/mol. The summed E-state index contributed by atoms with van der Waals surface area (Å²) < 4.78 is 10.1. The van der Waals surface area contributed by atoms with Gasteiger partial charge in [-0.3, -0.25) is 15.0 Å². The molecule has 0 spiro atoms. The lowest BCUT2D eigenvalue weighted by Crippen LogP contribution is -2.58. The minimum Gasteiger partial charge on any atom is -0.381 e. The van der Waals surface area contributed by atoms with E-state index in [0.717, 1.165) is 137 Å². The van der Waals surface area contributed by atoms with Crippen LogP contribution < -0.4 is 26.6 Å². The summed E-state index contributed by atoms with van der Waals surface area (Å²) >= 11 is 0. The van der Waals surface area contributed by atoms with E-state index >= 15 is 0 Å². The highest BCUT2D eigenvalue weighted by Crippen LogP contribution is 2.36. The van der Waals surface area contributed by atoms with E-state index in [-0.39, 0.29) is 0 Å². The van der Waals surface area contributed by atoms with Crippen LogP contribution in [0.4, 0.5) is 0 Å². The van der Waals surface area contributed by atoms with Crippen molar-refractivity contribution in [2.45, 2.75) is 308 Å². The van der Waals surface area contributed by atoms with Gasteiger partial charge in [0.15, 0.2) is 0 Å². The number of fused-ring (bicyclic) bond motifs is 2. The third kappa shape index (κ3) is 138. The number of benzene rings is 1. The summed E-state index contributed by atoms with van der Waals surface area (Å²) in [4.78, 5) is 18.6. The van der Waals surface area contributed by atoms with E-state index in [1.165, 1.54) is 121 Å². The molecule has 99 heavy (non-hydrogen) atoms. The number of rotatable bonds is 2. The summed E-state index contributed by atoms with van der Waals surface area (Å²) in [5.74, 6) is 9.25. The minimum atomic E-state index is 0.659. The van der Waals surface area contributed by atoms with Crippen LogP contribution in [-0.4, -0.2) is 116 Å². The molecular formula is C87H174N10O2. The smallest absolute Gasteiger partial charge is 0.115 e. The quantitative estimate of drug-likeness (QED) is 0.130. The van der Waals surface area contributed by atoms with Gasteiger partial charge in [0.2, 0.25) is 0 Å². The Morgan fingerprint density at radius 3 is 0.697 bits per heavy atom. The summed E-state index contributed by atoms with van der Waals surface area (Å²) in [6, 6.07) is 19.8. The number of piperazine rings is 1. The second kappa shape index (κ2) is 90.3. The zero-order chi connectivity index (χ0) is 76.4. The van der Waals surface area contributed by atoms with Crippen molar-refractivity contribution in [3.8, 4) is 0 Å². The Kier molecular flexibility index (Phi) is 99.1. The number of pyridine rings is 1. The first kappa shape index (κ1) is 109. The maximum atomic E-state index is 5.07. The zero-order valence-corrected chi connectivity index (χ0v) is 71.0. The Morgan fingerprint density at radius 2 is 0.556 bits per heavy atom. The van der Waals surface area contributed by atoms with Gasteiger partial charge in [-0.25, -0.2) is 9.97 Å². The standard InChI is InChI=1S/C9H17N.C9H12.C6H12.C5H11N.C5H5N.C5H10O.C4H10N2.2C4H4N2.C4H9NO.8C4H10/c1-6(2)7-3-8-5-9(4-7)10-8;1-8(2)9-6-4-3-5-7-9;4*1-2-4-6-5-3-1;2*1-2-6-4-3-5-1;1-2-5-4-6-3-1;1-3-6-4-2-5-1;8*1-4(2)3/h6-10H,3-5H2,1-2H3;3-8H,1-2H3;1-6H2;6H,1-5H2;1-5H;1-5H2;5-6H,1-4H2;2*1-4H;5H,1-4H2;8*4H,1-3H3. The molecule has 6 aliphatic heterocycles. The number of piperidine rings is 2. The molecule has 2 unspecified atom stereocenters. The molecule has 9 heterocycles. The fourth-order valence-corrected chi connectivity index (χ4v) is 7.68. The summed E-state index contributed by atoms with van der Waals surface area (Å²) in [5.41, 5.74) is 1.41. The number of nitrogens with zero attached hydrogens (tertiary/aromatic N) is 5. The Labute approximate surface area is 620 Å². The number of hydrogen-bond donors (Lipinski definition) is 5. The zero-order valence-electron chi connectivity index (χ0n) is 71.0. The second-order valence-corrected chi connectivity index (χ2v) is 32.0. The number of hydrogen-bond acceptors (Lipinski definition) is 12. The van der Waals surface area contributed by atoms with Crippen LogP contribution in [0, 0.1) is 59.2 Å². The summed E-state index contributed by atoms with van der Waals surface area (Å²) in [6.45, 7) is 74.0. The molecule has 8 aliphatic rings. The molecule has 3 aromatic heterocycles. The van der Waals surface area contributed by atoms with E-state index in [9.17, 15) is 0 Å². The molecule has 12 heteroatoms. The summed E-state index contributed by atoms with van der Waals surface area (Å²) in [5, 5.41) is 16.5. The van der Waals surface area contributed by atoms with Gasteiger partial charge in [-0.1, -0.05) is 275 Å². The molecule has 0 amide bonds. The fraction of sp³-hybridized carbons (Fsp3) is 0.782. The van der Waals surface area contributed by atoms with Gasteiger partial charge in [0.05, 0.1) is 13.2 Å². The van der Waals surface area contributed by atoms with Crippen molar-refractivity contribution in [2.75, 3.05) is 78.8 Å². The number of morpholine rings is 1. The molecule has 0 radical (unpaired) electrons. The molecule has 5 N–H and O–H groups in total. The Morgan fingerprint density at radius 1 is 0.283 bits per heavy atom. The molecule has 12 nitrogen and oxygen atoms in total. The maximum absolute atomic E-state index is 5.07.